The summed E-state index contributed by atoms with van der Waals surface area (Å²) in [5.41, 5.74) is 0. The molecule has 18 heavy (non-hydrogen) atoms. The van der Waals surface area contributed by atoms with Gasteiger partial charge in [-0.3, -0.25) is 9.80 Å². The summed E-state index contributed by atoms with van der Waals surface area (Å²) < 4.78 is 0. The minimum Gasteiger partial charge on any atom is -0.298 e. The Morgan fingerprint density at radius 3 is 2.56 bits per heavy atom. The van der Waals surface area contributed by atoms with Crippen LogP contribution < -0.4 is 0 Å². The van der Waals surface area contributed by atoms with Gasteiger partial charge in [0.1, 0.15) is 0 Å². The van der Waals surface area contributed by atoms with Crippen molar-refractivity contribution in [2.75, 3.05) is 26.2 Å². The summed E-state index contributed by atoms with van der Waals surface area (Å²) in [6, 6.07) is 1.67. The molecule has 2 heterocycles. The Kier molecular flexibility index (Phi) is 5.08. The third-order valence-corrected chi connectivity index (χ3v) is 4.83. The van der Waals surface area contributed by atoms with E-state index in [2.05, 4.69) is 37.5 Å². The molecule has 2 rings (SSSR count). The SMILES string of the molecule is CC(C)CCCN1CC2CCCN2CC1C(C)C. The summed E-state index contributed by atoms with van der Waals surface area (Å²) in [5, 5.41) is 0. The second-order valence-corrected chi connectivity index (χ2v) is 7.13. The molecular formula is C16H32N2. The second kappa shape index (κ2) is 6.38. The van der Waals surface area contributed by atoms with Crippen LogP contribution in [0.15, 0.2) is 0 Å². The van der Waals surface area contributed by atoms with Gasteiger partial charge in [-0.05, 0) is 50.6 Å². The van der Waals surface area contributed by atoms with E-state index in [9.17, 15) is 0 Å². The van der Waals surface area contributed by atoms with Gasteiger partial charge < -0.3 is 0 Å². The molecule has 0 aromatic rings. The molecule has 2 heteroatoms. The van der Waals surface area contributed by atoms with Crippen LogP contribution in [-0.4, -0.2) is 48.1 Å². The van der Waals surface area contributed by atoms with Crippen molar-refractivity contribution in [2.45, 2.75) is 65.5 Å². The zero-order valence-electron chi connectivity index (χ0n) is 12.9. The second-order valence-electron chi connectivity index (χ2n) is 7.13. The minimum absolute atomic E-state index is 0.797. The molecule has 106 valence electrons. The third-order valence-electron chi connectivity index (χ3n) is 4.83. The fourth-order valence-corrected chi connectivity index (χ4v) is 3.70. The lowest BCUT2D eigenvalue weighted by Gasteiger charge is -2.45. The monoisotopic (exact) mass is 252 g/mol. The Balaban J connectivity index is 1.88. The number of hydrogen-bond acceptors (Lipinski definition) is 2. The lowest BCUT2D eigenvalue weighted by atomic mass is 9.96. The lowest BCUT2D eigenvalue weighted by molar-refractivity contribution is 0.0279. The molecule has 0 N–H and O–H groups in total. The maximum atomic E-state index is 2.81. The first-order valence-electron chi connectivity index (χ1n) is 8.06. The van der Waals surface area contributed by atoms with Crippen LogP contribution in [0.1, 0.15) is 53.4 Å². The van der Waals surface area contributed by atoms with Gasteiger partial charge in [0.25, 0.3) is 0 Å². The molecule has 0 amide bonds. The molecule has 0 bridgehead atoms. The van der Waals surface area contributed by atoms with Gasteiger partial charge in [0.15, 0.2) is 0 Å². The van der Waals surface area contributed by atoms with E-state index < -0.39 is 0 Å². The maximum Gasteiger partial charge on any atom is 0.0246 e. The van der Waals surface area contributed by atoms with Crippen molar-refractivity contribution in [3.8, 4) is 0 Å². The summed E-state index contributed by atoms with van der Waals surface area (Å²) in [6.45, 7) is 14.8. The molecule has 2 aliphatic heterocycles. The van der Waals surface area contributed by atoms with Crippen LogP contribution in [0.4, 0.5) is 0 Å². The summed E-state index contributed by atoms with van der Waals surface area (Å²) in [5.74, 6) is 1.65. The van der Waals surface area contributed by atoms with Crippen LogP contribution in [0.2, 0.25) is 0 Å². The normalized spacial score (nSPS) is 30.3. The number of piperazine rings is 1. The summed E-state index contributed by atoms with van der Waals surface area (Å²) in [7, 11) is 0. The minimum atomic E-state index is 0.797. The average molecular weight is 252 g/mol. The van der Waals surface area contributed by atoms with E-state index >= 15 is 0 Å². The van der Waals surface area contributed by atoms with Crippen molar-refractivity contribution in [2.24, 2.45) is 11.8 Å². The quantitative estimate of drug-likeness (QED) is 0.741. The lowest BCUT2D eigenvalue weighted by Crippen LogP contribution is -2.57. The molecule has 2 fully saturated rings. The van der Waals surface area contributed by atoms with Crippen LogP contribution in [0.5, 0.6) is 0 Å². The van der Waals surface area contributed by atoms with Crippen molar-refractivity contribution in [3.63, 3.8) is 0 Å². The van der Waals surface area contributed by atoms with Crippen LogP contribution in [0.3, 0.4) is 0 Å². The van der Waals surface area contributed by atoms with E-state index in [1.54, 1.807) is 0 Å². The third kappa shape index (κ3) is 3.48. The van der Waals surface area contributed by atoms with Crippen LogP contribution in [0, 0.1) is 11.8 Å². The van der Waals surface area contributed by atoms with Gasteiger partial charge in [0.2, 0.25) is 0 Å². The molecule has 2 unspecified atom stereocenters. The predicted octanol–water partition coefficient (Wildman–Crippen LogP) is 3.23. The average Bonchev–Trinajstić information content (AvgIpc) is 2.74. The van der Waals surface area contributed by atoms with Crippen molar-refractivity contribution < 1.29 is 0 Å². The van der Waals surface area contributed by atoms with E-state index in [1.807, 2.05) is 0 Å². The van der Waals surface area contributed by atoms with Crippen LogP contribution in [-0.2, 0) is 0 Å². The largest absolute Gasteiger partial charge is 0.298 e. The number of fused-ring (bicyclic) bond motifs is 1. The first-order valence-corrected chi connectivity index (χ1v) is 8.06. The van der Waals surface area contributed by atoms with Crippen molar-refractivity contribution in [3.05, 3.63) is 0 Å². The van der Waals surface area contributed by atoms with Crippen molar-refractivity contribution in [1.82, 2.24) is 9.80 Å². The highest BCUT2D eigenvalue weighted by molar-refractivity contribution is 4.93. The summed E-state index contributed by atoms with van der Waals surface area (Å²) >= 11 is 0. The van der Waals surface area contributed by atoms with E-state index in [1.165, 1.54) is 51.9 Å². The highest BCUT2D eigenvalue weighted by Crippen LogP contribution is 2.27. The standard InChI is InChI=1S/C16H32N2/c1-13(2)7-5-10-18-11-15-8-6-9-17(15)12-16(18)14(3)4/h13-16H,5-12H2,1-4H3. The molecule has 0 aliphatic carbocycles. The predicted molar refractivity (Wildman–Crippen MR) is 78.9 cm³/mol. The van der Waals surface area contributed by atoms with Gasteiger partial charge in [0, 0.05) is 25.2 Å². The van der Waals surface area contributed by atoms with E-state index in [4.69, 9.17) is 0 Å². The number of hydrogen-bond donors (Lipinski definition) is 0. The number of nitrogens with zero attached hydrogens (tertiary/aromatic N) is 2. The molecule has 0 radical (unpaired) electrons. The highest BCUT2D eigenvalue weighted by Gasteiger charge is 2.36. The highest BCUT2D eigenvalue weighted by atomic mass is 15.3. The van der Waals surface area contributed by atoms with Crippen LogP contribution in [0.25, 0.3) is 0 Å². The van der Waals surface area contributed by atoms with Gasteiger partial charge in [0.05, 0.1) is 0 Å². The first-order chi connectivity index (χ1) is 8.58. The summed E-state index contributed by atoms with van der Waals surface area (Å²) in [4.78, 5) is 5.56. The molecule has 0 aromatic carbocycles. The van der Waals surface area contributed by atoms with Gasteiger partial charge in [-0.15, -0.1) is 0 Å². The smallest absolute Gasteiger partial charge is 0.0246 e. The van der Waals surface area contributed by atoms with Crippen molar-refractivity contribution in [1.29, 1.82) is 0 Å². The van der Waals surface area contributed by atoms with E-state index in [0.717, 1.165) is 23.9 Å². The molecule has 2 aliphatic rings. The zero-order chi connectivity index (χ0) is 13.1. The molecule has 2 saturated heterocycles. The Morgan fingerprint density at radius 1 is 1.11 bits per heavy atom. The van der Waals surface area contributed by atoms with Crippen molar-refractivity contribution >= 4 is 0 Å². The molecule has 0 aromatic heterocycles. The summed E-state index contributed by atoms with van der Waals surface area (Å²) in [6.07, 6.45) is 5.63. The van der Waals surface area contributed by atoms with Gasteiger partial charge in [-0.25, -0.2) is 0 Å². The Bertz CT molecular complexity index is 249. The Labute approximate surface area is 114 Å². The van der Waals surface area contributed by atoms with Gasteiger partial charge in [-0.1, -0.05) is 27.7 Å². The van der Waals surface area contributed by atoms with Gasteiger partial charge >= 0.3 is 0 Å². The molecule has 0 spiro atoms. The van der Waals surface area contributed by atoms with Crippen LogP contribution >= 0.6 is 0 Å². The Hall–Kier alpha value is -0.0800. The van der Waals surface area contributed by atoms with E-state index in [0.29, 0.717) is 0 Å². The molecule has 2 atom stereocenters. The molecule has 0 saturated carbocycles. The maximum absolute atomic E-state index is 2.81. The fraction of sp³-hybridized carbons (Fsp3) is 1.00. The first kappa shape index (κ1) is 14.3. The Morgan fingerprint density at radius 2 is 1.89 bits per heavy atom. The number of rotatable bonds is 5. The fourth-order valence-electron chi connectivity index (χ4n) is 3.70. The molecule has 2 nitrogen and oxygen atoms in total. The zero-order valence-corrected chi connectivity index (χ0v) is 12.9. The van der Waals surface area contributed by atoms with Gasteiger partial charge in [-0.2, -0.15) is 0 Å². The van der Waals surface area contributed by atoms with E-state index in [-0.39, 0.29) is 0 Å². The molecular weight excluding hydrogens is 220 g/mol. The topological polar surface area (TPSA) is 6.48 Å².